The summed E-state index contributed by atoms with van der Waals surface area (Å²) in [5, 5.41) is 0.223. The van der Waals surface area contributed by atoms with Gasteiger partial charge in [-0.2, -0.15) is 13.2 Å². The van der Waals surface area contributed by atoms with Crippen molar-refractivity contribution in [3.05, 3.63) is 40.9 Å². The van der Waals surface area contributed by atoms with E-state index in [4.69, 9.17) is 0 Å². The van der Waals surface area contributed by atoms with Crippen molar-refractivity contribution in [3.63, 3.8) is 0 Å². The van der Waals surface area contributed by atoms with Crippen LogP contribution in [0, 0.1) is 0 Å². The lowest BCUT2D eigenvalue weighted by Crippen LogP contribution is -2.32. The summed E-state index contributed by atoms with van der Waals surface area (Å²) >= 11 is 0.826. The van der Waals surface area contributed by atoms with Crippen molar-refractivity contribution in [2.75, 3.05) is 13.1 Å². The molecule has 3 nitrogen and oxygen atoms in total. The quantitative estimate of drug-likeness (QED) is 0.773. The predicted octanol–water partition coefficient (Wildman–Crippen LogP) is 4.85. The van der Waals surface area contributed by atoms with Gasteiger partial charge in [0.1, 0.15) is 9.88 Å². The summed E-state index contributed by atoms with van der Waals surface area (Å²) < 4.78 is 40.1. The van der Waals surface area contributed by atoms with Gasteiger partial charge in [0.25, 0.3) is 5.91 Å². The highest BCUT2D eigenvalue weighted by Gasteiger charge is 2.40. The molecular weight excluding hydrogens is 337 g/mol. The van der Waals surface area contributed by atoms with Crippen LogP contribution in [0.2, 0.25) is 0 Å². The van der Waals surface area contributed by atoms with Gasteiger partial charge >= 0.3 is 6.18 Å². The second-order valence-corrected chi connectivity index (χ2v) is 6.77. The maximum Gasteiger partial charge on any atom is 0.435 e. The van der Waals surface area contributed by atoms with Gasteiger partial charge in [-0.3, -0.25) is 4.79 Å². The third kappa shape index (κ3) is 3.61. The molecular formula is C17H17F3N2OS. The summed E-state index contributed by atoms with van der Waals surface area (Å²) in [5.74, 6) is -0.552. The highest BCUT2D eigenvalue weighted by atomic mass is 32.1. The standard InChI is InChI=1S/C17H17F3N2OS/c18-17(19,20)14-13(16(23)22-10-6-1-2-7-11-22)24-15(21-14)12-8-4-3-5-9-12/h3-5,8-9H,1-2,6-7,10-11H2. The van der Waals surface area contributed by atoms with E-state index in [2.05, 4.69) is 4.98 Å². The van der Waals surface area contributed by atoms with Crippen molar-refractivity contribution < 1.29 is 18.0 Å². The minimum absolute atomic E-state index is 0.223. The Morgan fingerprint density at radius 3 is 2.25 bits per heavy atom. The Bertz CT molecular complexity index is 704. The van der Waals surface area contributed by atoms with Crippen LogP contribution in [0.15, 0.2) is 30.3 Å². The Labute approximate surface area is 142 Å². The molecule has 1 aliphatic heterocycles. The molecule has 7 heteroatoms. The zero-order valence-electron chi connectivity index (χ0n) is 13.0. The number of nitrogens with zero attached hydrogens (tertiary/aromatic N) is 2. The van der Waals surface area contributed by atoms with Crippen LogP contribution < -0.4 is 0 Å². The smallest absolute Gasteiger partial charge is 0.338 e. The van der Waals surface area contributed by atoms with Crippen molar-refractivity contribution in [1.29, 1.82) is 0 Å². The van der Waals surface area contributed by atoms with E-state index >= 15 is 0 Å². The van der Waals surface area contributed by atoms with Gasteiger partial charge in [0.2, 0.25) is 0 Å². The largest absolute Gasteiger partial charge is 0.435 e. The molecule has 0 radical (unpaired) electrons. The van der Waals surface area contributed by atoms with Gasteiger partial charge in [0, 0.05) is 18.7 Å². The summed E-state index contributed by atoms with van der Waals surface area (Å²) in [6.45, 7) is 1.02. The zero-order valence-corrected chi connectivity index (χ0v) is 13.8. The number of benzene rings is 1. The highest BCUT2D eigenvalue weighted by Crippen LogP contribution is 2.38. The molecule has 3 rings (SSSR count). The number of halogens is 3. The summed E-state index contributed by atoms with van der Waals surface area (Å²) in [4.78, 5) is 17.6. The minimum Gasteiger partial charge on any atom is -0.338 e. The van der Waals surface area contributed by atoms with Crippen LogP contribution in [-0.4, -0.2) is 28.9 Å². The fourth-order valence-corrected chi connectivity index (χ4v) is 3.84. The Morgan fingerprint density at radius 1 is 1.04 bits per heavy atom. The molecule has 0 N–H and O–H groups in total. The van der Waals surface area contributed by atoms with Crippen LogP contribution in [0.3, 0.4) is 0 Å². The van der Waals surface area contributed by atoms with Crippen molar-refractivity contribution in [2.24, 2.45) is 0 Å². The third-order valence-electron chi connectivity index (χ3n) is 4.00. The normalized spacial score (nSPS) is 16.0. The molecule has 0 atom stereocenters. The van der Waals surface area contributed by atoms with Gasteiger partial charge in [-0.05, 0) is 12.8 Å². The van der Waals surface area contributed by atoms with E-state index in [0.717, 1.165) is 37.0 Å². The first-order chi connectivity index (χ1) is 11.5. The number of rotatable bonds is 2. The molecule has 2 heterocycles. The Morgan fingerprint density at radius 2 is 1.67 bits per heavy atom. The fourth-order valence-electron chi connectivity index (χ4n) is 2.78. The molecule has 1 fully saturated rings. The van der Waals surface area contributed by atoms with Crippen molar-refractivity contribution in [1.82, 2.24) is 9.88 Å². The van der Waals surface area contributed by atoms with E-state index in [1.54, 1.807) is 30.3 Å². The summed E-state index contributed by atoms with van der Waals surface area (Å²) in [7, 11) is 0. The van der Waals surface area contributed by atoms with Crippen LogP contribution in [0.1, 0.15) is 41.0 Å². The lowest BCUT2D eigenvalue weighted by atomic mass is 10.2. The number of aromatic nitrogens is 1. The van der Waals surface area contributed by atoms with E-state index in [0.29, 0.717) is 18.7 Å². The number of likely N-dealkylation sites (tertiary alicyclic amines) is 1. The van der Waals surface area contributed by atoms with Gasteiger partial charge in [-0.1, -0.05) is 43.2 Å². The van der Waals surface area contributed by atoms with E-state index in [1.807, 2.05) is 0 Å². The van der Waals surface area contributed by atoms with Crippen molar-refractivity contribution in [3.8, 4) is 10.6 Å². The second kappa shape index (κ2) is 6.93. The molecule has 128 valence electrons. The number of carbonyl (C=O) groups excluding carboxylic acids is 1. The molecule has 1 amide bonds. The van der Waals surface area contributed by atoms with E-state index in [1.165, 1.54) is 4.90 Å². The lowest BCUT2D eigenvalue weighted by Gasteiger charge is -2.20. The molecule has 2 aromatic rings. The maximum atomic E-state index is 13.4. The summed E-state index contributed by atoms with van der Waals surface area (Å²) in [6, 6.07) is 8.64. The lowest BCUT2D eigenvalue weighted by molar-refractivity contribution is -0.141. The van der Waals surface area contributed by atoms with Crippen LogP contribution in [0.5, 0.6) is 0 Å². The maximum absolute atomic E-state index is 13.4. The second-order valence-electron chi connectivity index (χ2n) is 5.77. The molecule has 0 bridgehead atoms. The monoisotopic (exact) mass is 354 g/mol. The zero-order chi connectivity index (χ0) is 17.2. The molecule has 1 saturated heterocycles. The first-order valence-electron chi connectivity index (χ1n) is 7.89. The van der Waals surface area contributed by atoms with Gasteiger partial charge in [0.15, 0.2) is 5.69 Å². The van der Waals surface area contributed by atoms with Gasteiger partial charge in [-0.25, -0.2) is 4.98 Å². The average Bonchev–Trinajstić information content (AvgIpc) is 2.85. The topological polar surface area (TPSA) is 33.2 Å². The third-order valence-corrected chi connectivity index (χ3v) is 5.10. The summed E-state index contributed by atoms with van der Waals surface area (Å²) in [5.41, 5.74) is -0.483. The number of hydrogen-bond acceptors (Lipinski definition) is 3. The molecule has 0 spiro atoms. The fraction of sp³-hybridized carbons (Fsp3) is 0.412. The molecule has 0 unspecified atom stereocenters. The molecule has 1 aliphatic rings. The van der Waals surface area contributed by atoms with Crippen LogP contribution in [0.4, 0.5) is 13.2 Å². The van der Waals surface area contributed by atoms with Crippen molar-refractivity contribution in [2.45, 2.75) is 31.9 Å². The Balaban J connectivity index is 1.99. The predicted molar refractivity (Wildman–Crippen MR) is 86.9 cm³/mol. The first kappa shape index (κ1) is 17.0. The van der Waals surface area contributed by atoms with Gasteiger partial charge < -0.3 is 4.90 Å². The molecule has 1 aromatic carbocycles. The Kier molecular flexibility index (Phi) is 4.89. The van der Waals surface area contributed by atoms with Crippen molar-refractivity contribution >= 4 is 17.2 Å². The highest BCUT2D eigenvalue weighted by molar-refractivity contribution is 7.17. The number of hydrogen-bond donors (Lipinski definition) is 0. The minimum atomic E-state index is -4.64. The first-order valence-corrected chi connectivity index (χ1v) is 8.71. The number of thiazole rings is 1. The number of carbonyl (C=O) groups is 1. The summed E-state index contributed by atoms with van der Waals surface area (Å²) in [6.07, 6.45) is -0.961. The van der Waals surface area contributed by atoms with E-state index < -0.39 is 17.8 Å². The van der Waals surface area contributed by atoms with Crippen LogP contribution in [-0.2, 0) is 6.18 Å². The molecule has 24 heavy (non-hydrogen) atoms. The van der Waals surface area contributed by atoms with Crippen LogP contribution >= 0.6 is 11.3 Å². The molecule has 0 saturated carbocycles. The number of alkyl halides is 3. The van der Waals surface area contributed by atoms with E-state index in [9.17, 15) is 18.0 Å². The SMILES string of the molecule is O=C(c1sc(-c2ccccc2)nc1C(F)(F)F)N1CCCCCC1. The number of amides is 1. The molecule has 1 aromatic heterocycles. The van der Waals surface area contributed by atoms with E-state index in [-0.39, 0.29) is 9.88 Å². The average molecular weight is 354 g/mol. The molecule has 0 aliphatic carbocycles. The van der Waals surface area contributed by atoms with Gasteiger partial charge in [0.05, 0.1) is 0 Å². The Hall–Kier alpha value is -1.89. The van der Waals surface area contributed by atoms with Gasteiger partial charge in [-0.15, -0.1) is 11.3 Å². The van der Waals surface area contributed by atoms with Crippen LogP contribution in [0.25, 0.3) is 10.6 Å².